The zero-order chi connectivity index (χ0) is 16.1. The SMILES string of the molecule is CCc1ccccc1CNC(=O)c1ccn(C2CCCNC2)n1.Cl. The number of piperidine rings is 1. The van der Waals surface area contributed by atoms with Crippen molar-refractivity contribution in [3.63, 3.8) is 0 Å². The van der Waals surface area contributed by atoms with E-state index in [2.05, 4.69) is 34.8 Å². The molecular weight excluding hydrogens is 324 g/mol. The van der Waals surface area contributed by atoms with Crippen LogP contribution in [-0.2, 0) is 13.0 Å². The number of benzene rings is 1. The molecule has 1 unspecified atom stereocenters. The smallest absolute Gasteiger partial charge is 0.272 e. The quantitative estimate of drug-likeness (QED) is 0.873. The molecule has 1 amide bonds. The third-order valence-corrected chi connectivity index (χ3v) is 4.42. The van der Waals surface area contributed by atoms with Gasteiger partial charge in [-0.3, -0.25) is 9.48 Å². The summed E-state index contributed by atoms with van der Waals surface area (Å²) >= 11 is 0. The molecule has 0 aliphatic carbocycles. The van der Waals surface area contributed by atoms with Gasteiger partial charge in [-0.15, -0.1) is 12.4 Å². The zero-order valence-electron chi connectivity index (χ0n) is 14.0. The molecule has 1 fully saturated rings. The molecule has 1 aromatic heterocycles. The molecule has 2 N–H and O–H groups in total. The molecule has 1 aromatic carbocycles. The van der Waals surface area contributed by atoms with Crippen molar-refractivity contribution in [1.29, 1.82) is 0 Å². The Balaban J connectivity index is 0.00000208. The molecule has 1 aliphatic rings. The Morgan fingerprint density at radius 2 is 2.12 bits per heavy atom. The van der Waals surface area contributed by atoms with Crippen LogP contribution in [0.4, 0.5) is 0 Å². The van der Waals surface area contributed by atoms with E-state index in [1.54, 1.807) is 6.07 Å². The molecule has 0 spiro atoms. The highest BCUT2D eigenvalue weighted by molar-refractivity contribution is 5.92. The van der Waals surface area contributed by atoms with E-state index in [1.807, 2.05) is 23.0 Å². The predicted molar refractivity (Wildman–Crippen MR) is 97.6 cm³/mol. The zero-order valence-corrected chi connectivity index (χ0v) is 14.8. The van der Waals surface area contributed by atoms with Crippen molar-refractivity contribution in [2.24, 2.45) is 0 Å². The molecule has 24 heavy (non-hydrogen) atoms. The lowest BCUT2D eigenvalue weighted by Gasteiger charge is -2.22. The van der Waals surface area contributed by atoms with E-state index in [0.717, 1.165) is 32.4 Å². The number of nitrogens with one attached hydrogen (secondary N) is 2. The van der Waals surface area contributed by atoms with Gasteiger partial charge in [0.05, 0.1) is 6.04 Å². The maximum Gasteiger partial charge on any atom is 0.272 e. The van der Waals surface area contributed by atoms with Gasteiger partial charge in [-0.1, -0.05) is 31.2 Å². The van der Waals surface area contributed by atoms with Gasteiger partial charge in [0.2, 0.25) is 0 Å². The highest BCUT2D eigenvalue weighted by Gasteiger charge is 2.17. The average molecular weight is 349 g/mol. The fourth-order valence-corrected chi connectivity index (χ4v) is 3.06. The van der Waals surface area contributed by atoms with Crippen molar-refractivity contribution in [1.82, 2.24) is 20.4 Å². The van der Waals surface area contributed by atoms with Crippen LogP contribution >= 0.6 is 12.4 Å². The van der Waals surface area contributed by atoms with Crippen molar-refractivity contribution in [2.45, 2.75) is 38.8 Å². The van der Waals surface area contributed by atoms with Crippen LogP contribution in [0, 0.1) is 0 Å². The van der Waals surface area contributed by atoms with Gasteiger partial charge in [-0.05, 0) is 43.0 Å². The number of hydrogen-bond donors (Lipinski definition) is 2. The summed E-state index contributed by atoms with van der Waals surface area (Å²) in [4.78, 5) is 12.3. The first-order valence-electron chi connectivity index (χ1n) is 8.38. The van der Waals surface area contributed by atoms with Gasteiger partial charge >= 0.3 is 0 Å². The first-order chi connectivity index (χ1) is 11.3. The number of nitrogens with zero attached hydrogens (tertiary/aromatic N) is 2. The molecule has 3 rings (SSSR count). The number of halogens is 1. The Morgan fingerprint density at radius 3 is 2.83 bits per heavy atom. The van der Waals surface area contributed by atoms with Crippen LogP contribution in [0.5, 0.6) is 0 Å². The monoisotopic (exact) mass is 348 g/mol. The first-order valence-corrected chi connectivity index (χ1v) is 8.38. The van der Waals surface area contributed by atoms with Gasteiger partial charge in [0.25, 0.3) is 5.91 Å². The molecule has 130 valence electrons. The maximum absolute atomic E-state index is 12.3. The molecular formula is C18H25ClN4O. The summed E-state index contributed by atoms with van der Waals surface area (Å²) < 4.78 is 1.92. The summed E-state index contributed by atoms with van der Waals surface area (Å²) in [5.41, 5.74) is 2.93. The third kappa shape index (κ3) is 4.36. The molecule has 0 radical (unpaired) electrons. The lowest BCUT2D eigenvalue weighted by Crippen LogP contribution is -2.32. The number of hydrogen-bond acceptors (Lipinski definition) is 3. The third-order valence-electron chi connectivity index (χ3n) is 4.42. The van der Waals surface area contributed by atoms with E-state index in [9.17, 15) is 4.79 Å². The predicted octanol–water partition coefficient (Wildman–Crippen LogP) is 2.72. The lowest BCUT2D eigenvalue weighted by atomic mass is 10.1. The van der Waals surface area contributed by atoms with Gasteiger partial charge in [-0.25, -0.2) is 0 Å². The molecule has 6 heteroatoms. The summed E-state index contributed by atoms with van der Waals surface area (Å²) in [6.07, 6.45) is 5.14. The molecule has 5 nitrogen and oxygen atoms in total. The van der Waals surface area contributed by atoms with Crippen LogP contribution in [0.2, 0.25) is 0 Å². The Morgan fingerprint density at radius 1 is 1.33 bits per heavy atom. The van der Waals surface area contributed by atoms with Crippen molar-refractivity contribution < 1.29 is 4.79 Å². The lowest BCUT2D eigenvalue weighted by molar-refractivity contribution is 0.0944. The van der Waals surface area contributed by atoms with E-state index in [4.69, 9.17) is 0 Å². The second-order valence-electron chi connectivity index (χ2n) is 5.99. The van der Waals surface area contributed by atoms with Gasteiger partial charge in [0.1, 0.15) is 5.69 Å². The van der Waals surface area contributed by atoms with E-state index < -0.39 is 0 Å². The Kier molecular flexibility index (Phi) is 6.82. The summed E-state index contributed by atoms with van der Waals surface area (Å²) in [5.74, 6) is -0.113. The topological polar surface area (TPSA) is 59.0 Å². The van der Waals surface area contributed by atoms with Crippen molar-refractivity contribution in [3.8, 4) is 0 Å². The fourth-order valence-electron chi connectivity index (χ4n) is 3.06. The van der Waals surface area contributed by atoms with Crippen molar-refractivity contribution in [3.05, 3.63) is 53.3 Å². The molecule has 1 saturated heterocycles. The van der Waals surface area contributed by atoms with Gasteiger partial charge < -0.3 is 10.6 Å². The van der Waals surface area contributed by atoms with Crippen LogP contribution in [0.15, 0.2) is 36.5 Å². The number of rotatable bonds is 5. The van der Waals surface area contributed by atoms with Crippen LogP contribution in [-0.4, -0.2) is 28.8 Å². The molecule has 1 atom stereocenters. The number of carbonyl (C=O) groups excluding carboxylic acids is 1. The number of carbonyl (C=O) groups is 1. The molecule has 2 aromatic rings. The maximum atomic E-state index is 12.3. The number of aromatic nitrogens is 2. The van der Waals surface area contributed by atoms with Gasteiger partial charge in [0.15, 0.2) is 0 Å². The van der Waals surface area contributed by atoms with E-state index in [0.29, 0.717) is 18.3 Å². The van der Waals surface area contributed by atoms with E-state index >= 15 is 0 Å². The highest BCUT2D eigenvalue weighted by atomic mass is 35.5. The molecule has 1 aliphatic heterocycles. The normalized spacial score (nSPS) is 17.1. The van der Waals surface area contributed by atoms with Crippen LogP contribution < -0.4 is 10.6 Å². The summed E-state index contributed by atoms with van der Waals surface area (Å²) in [7, 11) is 0. The fraction of sp³-hybridized carbons (Fsp3) is 0.444. The van der Waals surface area contributed by atoms with Crippen LogP contribution in [0.1, 0.15) is 47.4 Å². The van der Waals surface area contributed by atoms with Gasteiger partial charge in [0, 0.05) is 19.3 Å². The van der Waals surface area contributed by atoms with E-state index in [1.165, 1.54) is 11.1 Å². The molecule has 0 saturated carbocycles. The minimum Gasteiger partial charge on any atom is -0.347 e. The Labute approximate surface area is 149 Å². The second kappa shape index (κ2) is 8.85. The first kappa shape index (κ1) is 18.5. The van der Waals surface area contributed by atoms with Crippen molar-refractivity contribution >= 4 is 18.3 Å². The minimum absolute atomic E-state index is 0. The Hall–Kier alpha value is -1.85. The average Bonchev–Trinajstić information content (AvgIpc) is 3.11. The Bertz CT molecular complexity index is 665. The van der Waals surface area contributed by atoms with Gasteiger partial charge in [-0.2, -0.15) is 5.10 Å². The minimum atomic E-state index is -0.113. The summed E-state index contributed by atoms with van der Waals surface area (Å²) in [6.45, 7) is 4.66. The highest BCUT2D eigenvalue weighted by Crippen LogP contribution is 2.16. The largest absolute Gasteiger partial charge is 0.347 e. The number of amides is 1. The summed E-state index contributed by atoms with van der Waals surface area (Å²) in [6, 6.07) is 10.4. The second-order valence-corrected chi connectivity index (χ2v) is 5.99. The van der Waals surface area contributed by atoms with Crippen LogP contribution in [0.25, 0.3) is 0 Å². The van der Waals surface area contributed by atoms with Crippen LogP contribution in [0.3, 0.4) is 0 Å². The van der Waals surface area contributed by atoms with E-state index in [-0.39, 0.29) is 18.3 Å². The molecule has 0 bridgehead atoms. The number of aryl methyl sites for hydroxylation is 1. The molecule has 2 heterocycles. The van der Waals surface area contributed by atoms with Crippen molar-refractivity contribution in [2.75, 3.05) is 13.1 Å². The summed E-state index contributed by atoms with van der Waals surface area (Å²) in [5, 5.41) is 10.8. The standard InChI is InChI=1S/C18H24N4O.ClH/c1-2-14-6-3-4-7-15(14)12-20-18(23)17-9-11-22(21-17)16-8-5-10-19-13-16;/h3-4,6-7,9,11,16,19H,2,5,8,10,12-13H2,1H3,(H,20,23);1H.